The first-order valence-corrected chi connectivity index (χ1v) is 6.99. The van der Waals surface area contributed by atoms with Crippen molar-refractivity contribution in [2.45, 2.75) is 19.8 Å². The largest absolute Gasteiger partial charge is 0.335 e. The molecule has 1 aliphatic rings. The zero-order chi connectivity index (χ0) is 15.7. The molecule has 8 heteroatoms. The van der Waals surface area contributed by atoms with Gasteiger partial charge in [0.05, 0.1) is 0 Å². The number of nitrogens with zero attached hydrogens (tertiary/aromatic N) is 1. The second kappa shape index (κ2) is 5.88. The Labute approximate surface area is 127 Å². The fraction of sp³-hybridized carbons (Fsp3) is 0.308. The molecule has 0 saturated carbocycles. The number of halogens is 3. The average Bonchev–Trinajstić information content (AvgIpc) is 2.37. The summed E-state index contributed by atoms with van der Waals surface area (Å²) in [6.07, 6.45) is 0.700. The van der Waals surface area contributed by atoms with Crippen LogP contribution in [0.1, 0.15) is 19.8 Å². The molecule has 0 aliphatic carbocycles. The summed E-state index contributed by atoms with van der Waals surface area (Å²) in [6.45, 7) is 1.75. The number of hydrogen-bond acceptors (Lipinski definition) is 3. The monoisotopic (exact) mass is 360 g/mol. The van der Waals surface area contributed by atoms with Gasteiger partial charge in [-0.25, -0.2) is 18.5 Å². The van der Waals surface area contributed by atoms with Gasteiger partial charge in [-0.05, 0) is 18.6 Å². The zero-order valence-corrected chi connectivity index (χ0v) is 12.5. The number of imide groups is 2. The molecule has 112 valence electrons. The highest BCUT2D eigenvalue weighted by Gasteiger charge is 2.42. The third-order valence-corrected chi connectivity index (χ3v) is 3.51. The molecule has 1 unspecified atom stereocenters. The number of barbiturate groups is 1. The number of anilines is 1. The third kappa shape index (κ3) is 2.80. The van der Waals surface area contributed by atoms with E-state index in [0.717, 1.165) is 12.1 Å². The number of rotatable bonds is 3. The summed E-state index contributed by atoms with van der Waals surface area (Å²) in [5.41, 5.74) is -0.783. The molecule has 1 aromatic carbocycles. The minimum atomic E-state index is -1.16. The molecule has 1 aliphatic heterocycles. The van der Waals surface area contributed by atoms with Gasteiger partial charge in [0.15, 0.2) is 11.6 Å². The first kappa shape index (κ1) is 15.6. The summed E-state index contributed by atoms with van der Waals surface area (Å²) < 4.78 is 28.0. The van der Waals surface area contributed by atoms with Crippen LogP contribution in [0.25, 0.3) is 0 Å². The van der Waals surface area contributed by atoms with Crippen LogP contribution in [0.3, 0.4) is 0 Å². The molecular weight excluding hydrogens is 350 g/mol. The summed E-state index contributed by atoms with van der Waals surface area (Å²) >= 11 is 2.91. The maximum Gasteiger partial charge on any atom is 0.335 e. The van der Waals surface area contributed by atoms with Crippen LogP contribution in [-0.4, -0.2) is 17.8 Å². The number of urea groups is 1. The predicted octanol–water partition coefficient (Wildman–Crippen LogP) is 2.73. The van der Waals surface area contributed by atoms with Crippen molar-refractivity contribution in [2.75, 3.05) is 4.90 Å². The van der Waals surface area contributed by atoms with Crippen LogP contribution in [-0.2, 0) is 9.59 Å². The smallest absolute Gasteiger partial charge is 0.277 e. The molecule has 1 N–H and O–H groups in total. The highest BCUT2D eigenvalue weighted by molar-refractivity contribution is 9.10. The topological polar surface area (TPSA) is 66.5 Å². The van der Waals surface area contributed by atoms with E-state index in [1.807, 2.05) is 5.32 Å². The molecule has 1 heterocycles. The van der Waals surface area contributed by atoms with Crippen molar-refractivity contribution in [3.05, 3.63) is 28.2 Å². The Morgan fingerprint density at radius 2 is 1.81 bits per heavy atom. The molecule has 5 nitrogen and oxygen atoms in total. The summed E-state index contributed by atoms with van der Waals surface area (Å²) in [7, 11) is 0. The number of nitrogens with one attached hydrogen (secondary N) is 1. The normalized spacial score (nSPS) is 19.0. The van der Waals surface area contributed by atoms with Gasteiger partial charge in [0, 0.05) is 4.47 Å². The van der Waals surface area contributed by atoms with E-state index < -0.39 is 41.1 Å². The fourth-order valence-electron chi connectivity index (χ4n) is 2.12. The van der Waals surface area contributed by atoms with Gasteiger partial charge >= 0.3 is 6.03 Å². The molecule has 1 saturated heterocycles. The Morgan fingerprint density at radius 3 is 2.33 bits per heavy atom. The number of amides is 4. The molecule has 2 rings (SSSR count). The lowest BCUT2D eigenvalue weighted by Gasteiger charge is -2.30. The maximum absolute atomic E-state index is 13.9. The van der Waals surface area contributed by atoms with Crippen LogP contribution in [0.2, 0.25) is 0 Å². The molecule has 1 aromatic rings. The number of carbonyl (C=O) groups excluding carboxylic acids is 3. The van der Waals surface area contributed by atoms with Gasteiger partial charge in [-0.1, -0.05) is 29.3 Å². The minimum absolute atomic E-state index is 0.132. The summed E-state index contributed by atoms with van der Waals surface area (Å²) in [5.74, 6) is -4.95. The number of benzene rings is 1. The van der Waals surface area contributed by atoms with Crippen molar-refractivity contribution in [3.63, 3.8) is 0 Å². The molecule has 1 atom stereocenters. The molecule has 0 bridgehead atoms. The molecular formula is C13H11BrF2N2O3. The minimum Gasteiger partial charge on any atom is -0.277 e. The van der Waals surface area contributed by atoms with Crippen molar-refractivity contribution < 1.29 is 23.2 Å². The standard InChI is InChI=1S/C13H11BrF2N2O3/c1-2-3-7-11(19)17-13(21)18(12(7)20)10-8(15)4-6(14)5-9(10)16/h4-5,7H,2-3H2,1H3,(H,17,19,21). The van der Waals surface area contributed by atoms with Crippen molar-refractivity contribution in [1.29, 1.82) is 0 Å². The van der Waals surface area contributed by atoms with Crippen molar-refractivity contribution in [1.82, 2.24) is 5.32 Å². The fourth-order valence-corrected chi connectivity index (χ4v) is 2.52. The first-order chi connectivity index (χ1) is 9.86. The summed E-state index contributed by atoms with van der Waals surface area (Å²) in [5, 5.41) is 1.94. The lowest BCUT2D eigenvalue weighted by molar-refractivity contribution is -0.134. The second-order valence-electron chi connectivity index (χ2n) is 4.53. The van der Waals surface area contributed by atoms with Gasteiger partial charge < -0.3 is 0 Å². The third-order valence-electron chi connectivity index (χ3n) is 3.05. The van der Waals surface area contributed by atoms with E-state index in [2.05, 4.69) is 15.9 Å². The number of hydrogen-bond donors (Lipinski definition) is 1. The van der Waals surface area contributed by atoms with Crippen LogP contribution >= 0.6 is 15.9 Å². The van der Waals surface area contributed by atoms with Crippen LogP contribution < -0.4 is 10.2 Å². The highest BCUT2D eigenvalue weighted by Crippen LogP contribution is 2.30. The van der Waals surface area contributed by atoms with Crippen molar-refractivity contribution in [2.24, 2.45) is 5.92 Å². The van der Waals surface area contributed by atoms with Crippen molar-refractivity contribution >= 4 is 39.5 Å². The first-order valence-electron chi connectivity index (χ1n) is 6.20. The maximum atomic E-state index is 13.9. The molecule has 0 radical (unpaired) electrons. The van der Waals surface area contributed by atoms with Gasteiger partial charge in [-0.3, -0.25) is 14.9 Å². The molecule has 4 amide bonds. The van der Waals surface area contributed by atoms with Crippen LogP contribution in [0.15, 0.2) is 16.6 Å². The molecule has 1 fully saturated rings. The average molecular weight is 361 g/mol. The molecule has 21 heavy (non-hydrogen) atoms. The zero-order valence-electron chi connectivity index (χ0n) is 11.0. The summed E-state index contributed by atoms with van der Waals surface area (Å²) in [6, 6.07) is 0.714. The Kier molecular flexibility index (Phi) is 4.36. The van der Waals surface area contributed by atoms with Crippen LogP contribution in [0.4, 0.5) is 19.3 Å². The van der Waals surface area contributed by atoms with Crippen molar-refractivity contribution in [3.8, 4) is 0 Å². The molecule has 0 aromatic heterocycles. The SMILES string of the molecule is CCCC1C(=O)NC(=O)N(c2c(F)cc(Br)cc2F)C1=O. The highest BCUT2D eigenvalue weighted by atomic mass is 79.9. The van der Waals surface area contributed by atoms with E-state index in [4.69, 9.17) is 0 Å². The van der Waals surface area contributed by atoms with Gasteiger partial charge in [-0.15, -0.1) is 0 Å². The van der Waals surface area contributed by atoms with Crippen LogP contribution in [0.5, 0.6) is 0 Å². The van der Waals surface area contributed by atoms with E-state index in [1.165, 1.54) is 0 Å². The number of carbonyl (C=O) groups is 3. The van der Waals surface area contributed by atoms with E-state index in [0.29, 0.717) is 11.3 Å². The van der Waals surface area contributed by atoms with E-state index in [9.17, 15) is 23.2 Å². The van der Waals surface area contributed by atoms with E-state index in [-0.39, 0.29) is 10.9 Å². The Hall–Kier alpha value is -1.83. The lowest BCUT2D eigenvalue weighted by atomic mass is 9.99. The lowest BCUT2D eigenvalue weighted by Crippen LogP contribution is -2.58. The molecule has 0 spiro atoms. The Morgan fingerprint density at radius 1 is 1.24 bits per heavy atom. The van der Waals surface area contributed by atoms with Gasteiger partial charge in [0.1, 0.15) is 11.6 Å². The van der Waals surface area contributed by atoms with Gasteiger partial charge in [0.25, 0.3) is 0 Å². The quantitative estimate of drug-likeness (QED) is 0.842. The van der Waals surface area contributed by atoms with Crippen LogP contribution in [0, 0.1) is 17.6 Å². The van der Waals surface area contributed by atoms with Gasteiger partial charge in [-0.2, -0.15) is 0 Å². The predicted molar refractivity (Wildman–Crippen MR) is 73.5 cm³/mol. The Bertz CT molecular complexity index is 613. The van der Waals surface area contributed by atoms with Gasteiger partial charge in [0.2, 0.25) is 11.8 Å². The van der Waals surface area contributed by atoms with E-state index >= 15 is 0 Å². The Balaban J connectivity index is 2.49. The second-order valence-corrected chi connectivity index (χ2v) is 5.44. The van der Waals surface area contributed by atoms with E-state index in [1.54, 1.807) is 6.92 Å². The summed E-state index contributed by atoms with van der Waals surface area (Å²) in [4.78, 5) is 36.0.